The first-order chi connectivity index (χ1) is 17.2. The average Bonchev–Trinajstić information content (AvgIpc) is 3.21. The van der Waals surface area contributed by atoms with Crippen LogP contribution in [-0.4, -0.2) is 49.0 Å². The van der Waals surface area contributed by atoms with Gasteiger partial charge in [-0.05, 0) is 23.6 Å². The van der Waals surface area contributed by atoms with E-state index in [1.807, 2.05) is 97.9 Å². The lowest BCUT2D eigenvalue weighted by molar-refractivity contribution is -0.189. The van der Waals surface area contributed by atoms with E-state index in [1.165, 1.54) is 0 Å². The van der Waals surface area contributed by atoms with Crippen molar-refractivity contribution in [2.45, 2.75) is 57.5 Å². The molecule has 0 spiro atoms. The van der Waals surface area contributed by atoms with Gasteiger partial charge < -0.3 is 28.8 Å². The van der Waals surface area contributed by atoms with Crippen LogP contribution in [-0.2, 0) is 43.5 Å². The quantitative estimate of drug-likeness (QED) is 0.390. The Bertz CT molecular complexity index is 968. The number of hydrogen-bond donors (Lipinski definition) is 1. The van der Waals surface area contributed by atoms with Gasteiger partial charge in [-0.15, -0.1) is 0 Å². The molecule has 1 aliphatic rings. The topological polar surface area (TPSA) is 66.4 Å². The normalized spacial score (nSPS) is 22.8. The van der Waals surface area contributed by atoms with Crippen LogP contribution in [0.4, 0.5) is 0 Å². The van der Waals surface area contributed by atoms with Crippen LogP contribution in [0, 0.1) is 0 Å². The van der Waals surface area contributed by atoms with Crippen LogP contribution in [0.15, 0.2) is 91.0 Å². The SMILES string of the molecule is CCO[C@@H]1O[C@H](C(COCc2ccccc2)OCc2ccccc2)[C@@H](OCc2ccccc2)C1O. The first kappa shape index (κ1) is 25.5. The summed E-state index contributed by atoms with van der Waals surface area (Å²) in [5.74, 6) is 0. The lowest BCUT2D eigenvalue weighted by Gasteiger charge is -2.28. The smallest absolute Gasteiger partial charge is 0.186 e. The fraction of sp³-hybridized carbons (Fsp3) is 0.379. The van der Waals surface area contributed by atoms with Crippen molar-refractivity contribution in [1.82, 2.24) is 0 Å². The lowest BCUT2D eigenvalue weighted by atomic mass is 10.1. The minimum absolute atomic E-state index is 0.281. The lowest BCUT2D eigenvalue weighted by Crippen LogP contribution is -2.44. The Kier molecular flexibility index (Phi) is 9.84. The summed E-state index contributed by atoms with van der Waals surface area (Å²) in [6.07, 6.45) is -3.40. The van der Waals surface area contributed by atoms with Crippen LogP contribution in [0.1, 0.15) is 23.6 Å². The summed E-state index contributed by atoms with van der Waals surface area (Å²) in [5, 5.41) is 11.0. The molecule has 1 N–H and O–H groups in total. The number of aliphatic hydroxyl groups is 1. The van der Waals surface area contributed by atoms with Crippen molar-refractivity contribution in [2.75, 3.05) is 13.2 Å². The number of benzene rings is 3. The van der Waals surface area contributed by atoms with Crippen LogP contribution in [0.3, 0.4) is 0 Å². The highest BCUT2D eigenvalue weighted by Crippen LogP contribution is 2.30. The average molecular weight is 479 g/mol. The third-order valence-corrected chi connectivity index (χ3v) is 5.91. The van der Waals surface area contributed by atoms with Crippen molar-refractivity contribution >= 4 is 0 Å². The van der Waals surface area contributed by atoms with Crippen LogP contribution in [0.5, 0.6) is 0 Å². The summed E-state index contributed by atoms with van der Waals surface area (Å²) >= 11 is 0. The number of rotatable bonds is 13. The maximum absolute atomic E-state index is 11.0. The van der Waals surface area contributed by atoms with Gasteiger partial charge in [-0.25, -0.2) is 0 Å². The molecule has 5 atom stereocenters. The Balaban J connectivity index is 1.48. The zero-order valence-corrected chi connectivity index (χ0v) is 20.1. The van der Waals surface area contributed by atoms with Gasteiger partial charge >= 0.3 is 0 Å². The van der Waals surface area contributed by atoms with Crippen LogP contribution < -0.4 is 0 Å². The predicted molar refractivity (Wildman–Crippen MR) is 132 cm³/mol. The van der Waals surface area contributed by atoms with Gasteiger partial charge in [0.2, 0.25) is 0 Å². The van der Waals surface area contributed by atoms with Crippen LogP contribution in [0.25, 0.3) is 0 Å². The predicted octanol–water partition coefficient (Wildman–Crippen LogP) is 4.50. The third kappa shape index (κ3) is 7.45. The molecular weight excluding hydrogens is 444 g/mol. The largest absolute Gasteiger partial charge is 0.385 e. The second-order valence-electron chi connectivity index (χ2n) is 8.51. The molecule has 1 heterocycles. The monoisotopic (exact) mass is 478 g/mol. The third-order valence-electron chi connectivity index (χ3n) is 5.91. The van der Waals surface area contributed by atoms with Crippen molar-refractivity contribution in [2.24, 2.45) is 0 Å². The fourth-order valence-corrected chi connectivity index (χ4v) is 4.11. The molecule has 1 aliphatic heterocycles. The van der Waals surface area contributed by atoms with E-state index in [4.69, 9.17) is 23.7 Å². The fourth-order valence-electron chi connectivity index (χ4n) is 4.11. The zero-order chi connectivity index (χ0) is 24.3. The van der Waals surface area contributed by atoms with E-state index in [-0.39, 0.29) is 6.61 Å². The molecule has 0 saturated carbocycles. The van der Waals surface area contributed by atoms with Crippen molar-refractivity contribution < 1.29 is 28.8 Å². The Hall–Kier alpha value is -2.58. The molecule has 3 aromatic carbocycles. The molecule has 1 fully saturated rings. The first-order valence-corrected chi connectivity index (χ1v) is 12.1. The summed E-state index contributed by atoms with van der Waals surface area (Å²) in [6, 6.07) is 29.8. The molecule has 0 radical (unpaired) electrons. The number of ether oxygens (including phenoxy) is 5. The Morgan fingerprint density at radius 1 is 0.743 bits per heavy atom. The molecule has 6 nitrogen and oxygen atoms in total. The zero-order valence-electron chi connectivity index (χ0n) is 20.1. The van der Waals surface area contributed by atoms with Gasteiger partial charge in [0.25, 0.3) is 0 Å². The number of aliphatic hydroxyl groups excluding tert-OH is 1. The summed E-state index contributed by atoms with van der Waals surface area (Å²) in [5.41, 5.74) is 3.13. The molecule has 2 unspecified atom stereocenters. The van der Waals surface area contributed by atoms with Crippen molar-refractivity contribution in [1.29, 1.82) is 0 Å². The highest BCUT2D eigenvalue weighted by molar-refractivity contribution is 5.15. The van der Waals surface area contributed by atoms with E-state index in [0.29, 0.717) is 26.4 Å². The van der Waals surface area contributed by atoms with Gasteiger partial charge in [-0.3, -0.25) is 0 Å². The maximum atomic E-state index is 11.0. The molecule has 4 rings (SSSR count). The summed E-state index contributed by atoms with van der Waals surface area (Å²) in [7, 11) is 0. The second-order valence-corrected chi connectivity index (χ2v) is 8.51. The number of hydrogen-bond acceptors (Lipinski definition) is 6. The van der Waals surface area contributed by atoms with Gasteiger partial charge in [0.05, 0.1) is 26.4 Å². The molecule has 3 aromatic rings. The van der Waals surface area contributed by atoms with Crippen LogP contribution in [0.2, 0.25) is 0 Å². The van der Waals surface area contributed by atoms with Gasteiger partial charge in [0.15, 0.2) is 6.29 Å². The van der Waals surface area contributed by atoms with Crippen molar-refractivity contribution in [3.8, 4) is 0 Å². The maximum Gasteiger partial charge on any atom is 0.186 e. The minimum atomic E-state index is -0.944. The first-order valence-electron chi connectivity index (χ1n) is 12.1. The van der Waals surface area contributed by atoms with Gasteiger partial charge in [0, 0.05) is 6.61 Å². The highest BCUT2D eigenvalue weighted by atomic mass is 16.7. The molecule has 0 aliphatic carbocycles. The van der Waals surface area contributed by atoms with E-state index in [0.717, 1.165) is 16.7 Å². The molecule has 186 valence electrons. The van der Waals surface area contributed by atoms with Gasteiger partial charge in [0.1, 0.15) is 24.4 Å². The molecular formula is C29H34O6. The van der Waals surface area contributed by atoms with E-state index >= 15 is 0 Å². The molecule has 0 amide bonds. The van der Waals surface area contributed by atoms with E-state index in [2.05, 4.69) is 0 Å². The summed E-state index contributed by atoms with van der Waals surface area (Å²) in [6.45, 7) is 3.75. The van der Waals surface area contributed by atoms with E-state index in [9.17, 15) is 5.11 Å². The minimum Gasteiger partial charge on any atom is -0.385 e. The Morgan fingerprint density at radius 2 is 1.29 bits per heavy atom. The van der Waals surface area contributed by atoms with E-state index in [1.54, 1.807) is 0 Å². The second kappa shape index (κ2) is 13.5. The summed E-state index contributed by atoms with van der Waals surface area (Å²) in [4.78, 5) is 0. The molecule has 0 aromatic heterocycles. The molecule has 35 heavy (non-hydrogen) atoms. The molecule has 1 saturated heterocycles. The van der Waals surface area contributed by atoms with Crippen LogP contribution >= 0.6 is 0 Å². The van der Waals surface area contributed by atoms with E-state index < -0.39 is 30.7 Å². The molecule has 6 heteroatoms. The van der Waals surface area contributed by atoms with Gasteiger partial charge in [-0.2, -0.15) is 0 Å². The summed E-state index contributed by atoms with van der Waals surface area (Å²) < 4.78 is 30.4. The highest BCUT2D eigenvalue weighted by Gasteiger charge is 2.49. The molecule has 0 bridgehead atoms. The van der Waals surface area contributed by atoms with Gasteiger partial charge in [-0.1, -0.05) is 91.0 Å². The Morgan fingerprint density at radius 3 is 1.86 bits per heavy atom. The Labute approximate surface area is 207 Å². The van der Waals surface area contributed by atoms with Crippen molar-refractivity contribution in [3.05, 3.63) is 108 Å². The van der Waals surface area contributed by atoms with Crippen molar-refractivity contribution in [3.63, 3.8) is 0 Å². The standard InChI is InChI=1S/C29H34O6/c1-2-32-29-26(30)28(34-20-24-16-10-5-11-17-24)27(35-29)25(33-19-23-14-8-4-9-15-23)21-31-18-22-12-6-3-7-13-22/h3-17,25-30H,2,18-21H2,1H3/t25?,26?,27-,28+,29-/m1/s1.